The summed E-state index contributed by atoms with van der Waals surface area (Å²) in [5.41, 5.74) is 0.936. The molecule has 0 radical (unpaired) electrons. The number of esters is 1. The third-order valence-corrected chi connectivity index (χ3v) is 5.18. The van der Waals surface area contributed by atoms with E-state index in [1.807, 2.05) is 6.92 Å². The maximum atomic E-state index is 14.9. The molecule has 32 heavy (non-hydrogen) atoms. The molecule has 0 unspecified atom stereocenters. The number of halogens is 2. The van der Waals surface area contributed by atoms with Gasteiger partial charge in [-0.05, 0) is 36.8 Å². The number of aryl methyl sites for hydroxylation is 1. The first kappa shape index (κ1) is 21.7. The molecule has 0 aliphatic carbocycles. The SMILES string of the molecule is COC(=O)c1cc(F)c(-c2nc3cc(C)ccn3c2COC(=O)N2CCOCC2)c(F)c1. The molecule has 1 amide bonds. The zero-order valence-corrected chi connectivity index (χ0v) is 17.6. The molecule has 3 aromatic rings. The first-order chi connectivity index (χ1) is 15.4. The summed E-state index contributed by atoms with van der Waals surface area (Å²) in [5.74, 6) is -2.82. The Morgan fingerprint density at radius 2 is 1.84 bits per heavy atom. The molecule has 0 saturated carbocycles. The van der Waals surface area contributed by atoms with Crippen molar-refractivity contribution in [3.63, 3.8) is 0 Å². The molecular formula is C22H21F2N3O5. The number of morpholine rings is 1. The molecule has 10 heteroatoms. The third-order valence-electron chi connectivity index (χ3n) is 5.18. The van der Waals surface area contributed by atoms with Crippen LogP contribution in [0, 0.1) is 18.6 Å². The zero-order valence-electron chi connectivity index (χ0n) is 17.6. The van der Waals surface area contributed by atoms with Crippen LogP contribution < -0.4 is 0 Å². The Morgan fingerprint density at radius 3 is 2.50 bits per heavy atom. The molecule has 168 valence electrons. The number of carbonyl (C=O) groups excluding carboxylic acids is 2. The molecule has 0 bridgehead atoms. The summed E-state index contributed by atoms with van der Waals surface area (Å²) in [7, 11) is 1.12. The van der Waals surface area contributed by atoms with Crippen LogP contribution in [0.5, 0.6) is 0 Å². The number of nitrogens with zero attached hydrogens (tertiary/aromatic N) is 3. The lowest BCUT2D eigenvalue weighted by molar-refractivity contribution is 0.0246. The smallest absolute Gasteiger partial charge is 0.410 e. The molecule has 0 atom stereocenters. The molecular weight excluding hydrogens is 424 g/mol. The van der Waals surface area contributed by atoms with Crippen LogP contribution in [0.15, 0.2) is 30.5 Å². The van der Waals surface area contributed by atoms with Crippen LogP contribution in [-0.4, -0.2) is 59.8 Å². The molecule has 1 fully saturated rings. The highest BCUT2D eigenvalue weighted by Gasteiger charge is 2.25. The molecule has 3 heterocycles. The second kappa shape index (κ2) is 8.91. The zero-order chi connectivity index (χ0) is 22.8. The second-order valence-electron chi connectivity index (χ2n) is 7.30. The van der Waals surface area contributed by atoms with Gasteiger partial charge in [0.05, 0.1) is 37.1 Å². The highest BCUT2D eigenvalue weighted by Crippen LogP contribution is 2.31. The summed E-state index contributed by atoms with van der Waals surface area (Å²) in [6.45, 7) is 3.23. The van der Waals surface area contributed by atoms with Crippen molar-refractivity contribution in [1.82, 2.24) is 14.3 Å². The van der Waals surface area contributed by atoms with Gasteiger partial charge in [-0.1, -0.05) is 0 Å². The van der Waals surface area contributed by atoms with Crippen molar-refractivity contribution in [3.05, 3.63) is 58.9 Å². The van der Waals surface area contributed by atoms with Crippen molar-refractivity contribution in [2.45, 2.75) is 13.5 Å². The van der Waals surface area contributed by atoms with Gasteiger partial charge in [0, 0.05) is 19.3 Å². The number of hydrogen-bond acceptors (Lipinski definition) is 6. The van der Waals surface area contributed by atoms with E-state index in [-0.39, 0.29) is 17.9 Å². The number of rotatable bonds is 4. The second-order valence-corrected chi connectivity index (χ2v) is 7.30. The van der Waals surface area contributed by atoms with Crippen molar-refractivity contribution in [2.24, 2.45) is 0 Å². The number of ether oxygens (including phenoxy) is 3. The lowest BCUT2D eigenvalue weighted by Crippen LogP contribution is -2.40. The summed E-state index contributed by atoms with van der Waals surface area (Å²) >= 11 is 0. The van der Waals surface area contributed by atoms with Gasteiger partial charge in [0.1, 0.15) is 29.6 Å². The van der Waals surface area contributed by atoms with Crippen LogP contribution in [0.25, 0.3) is 16.9 Å². The number of imidazole rings is 1. The minimum Gasteiger partial charge on any atom is -0.465 e. The Bertz CT molecular complexity index is 1160. The maximum Gasteiger partial charge on any atom is 0.410 e. The van der Waals surface area contributed by atoms with Gasteiger partial charge in [0.25, 0.3) is 0 Å². The quantitative estimate of drug-likeness (QED) is 0.573. The monoisotopic (exact) mass is 445 g/mol. The van der Waals surface area contributed by atoms with Gasteiger partial charge in [-0.15, -0.1) is 0 Å². The number of aromatic nitrogens is 2. The minimum absolute atomic E-state index is 0.0169. The Labute approximate surface area is 182 Å². The number of hydrogen-bond donors (Lipinski definition) is 0. The van der Waals surface area contributed by atoms with Crippen LogP contribution in [0.3, 0.4) is 0 Å². The Balaban J connectivity index is 1.74. The molecule has 4 rings (SSSR count). The lowest BCUT2D eigenvalue weighted by atomic mass is 10.1. The standard InChI is InChI=1S/C22H21F2N3O5/c1-13-3-4-27-17(12-32-22(29)26-5-7-31-8-6-26)20(25-18(27)9-13)19-15(23)10-14(11-16(19)24)21(28)30-2/h3-4,9-11H,5-8,12H2,1-2H3. The number of carbonyl (C=O) groups is 2. The van der Waals surface area contributed by atoms with E-state index >= 15 is 0 Å². The molecule has 8 nitrogen and oxygen atoms in total. The predicted molar refractivity (Wildman–Crippen MR) is 109 cm³/mol. The minimum atomic E-state index is -0.980. The predicted octanol–water partition coefficient (Wildman–Crippen LogP) is 3.34. The number of amides is 1. The van der Waals surface area contributed by atoms with Gasteiger partial charge in [0.2, 0.25) is 0 Å². The van der Waals surface area contributed by atoms with Gasteiger partial charge in [0.15, 0.2) is 0 Å². The highest BCUT2D eigenvalue weighted by molar-refractivity contribution is 5.90. The molecule has 1 aromatic carbocycles. The van der Waals surface area contributed by atoms with Gasteiger partial charge < -0.3 is 19.1 Å². The van der Waals surface area contributed by atoms with Crippen LogP contribution in [0.1, 0.15) is 21.6 Å². The fourth-order valence-corrected chi connectivity index (χ4v) is 3.54. The summed E-state index contributed by atoms with van der Waals surface area (Å²) in [6, 6.07) is 5.33. The van der Waals surface area contributed by atoms with E-state index in [0.717, 1.165) is 24.8 Å². The number of fused-ring (bicyclic) bond motifs is 1. The average Bonchev–Trinajstić information content (AvgIpc) is 3.13. The number of pyridine rings is 1. The van der Waals surface area contributed by atoms with Crippen molar-refractivity contribution in [3.8, 4) is 11.3 Å². The molecule has 1 saturated heterocycles. The van der Waals surface area contributed by atoms with E-state index < -0.39 is 29.3 Å². The third kappa shape index (κ3) is 4.13. The maximum absolute atomic E-state index is 14.9. The van der Waals surface area contributed by atoms with Crippen LogP contribution in [-0.2, 0) is 20.8 Å². The summed E-state index contributed by atoms with van der Waals surface area (Å²) in [6.07, 6.45) is 1.14. The largest absolute Gasteiger partial charge is 0.465 e. The van der Waals surface area contributed by atoms with E-state index in [1.165, 1.54) is 4.90 Å². The van der Waals surface area contributed by atoms with E-state index in [9.17, 15) is 18.4 Å². The fraction of sp³-hybridized carbons (Fsp3) is 0.318. The number of benzene rings is 1. The molecule has 0 N–H and O–H groups in total. The lowest BCUT2D eigenvalue weighted by Gasteiger charge is -2.26. The topological polar surface area (TPSA) is 82.4 Å². The number of methoxy groups -OCH3 is 1. The van der Waals surface area contributed by atoms with Crippen LogP contribution in [0.2, 0.25) is 0 Å². The van der Waals surface area contributed by atoms with Crippen molar-refractivity contribution >= 4 is 17.7 Å². The summed E-state index contributed by atoms with van der Waals surface area (Å²) in [5, 5.41) is 0. The molecule has 1 aliphatic rings. The van der Waals surface area contributed by atoms with E-state index in [0.29, 0.717) is 37.6 Å². The first-order valence-corrected chi connectivity index (χ1v) is 9.94. The van der Waals surface area contributed by atoms with Crippen LogP contribution >= 0.6 is 0 Å². The molecule has 2 aromatic heterocycles. The highest BCUT2D eigenvalue weighted by atomic mass is 19.1. The Hall–Kier alpha value is -3.53. The Kier molecular flexibility index (Phi) is 6.04. The molecule has 1 aliphatic heterocycles. The van der Waals surface area contributed by atoms with Crippen LogP contribution in [0.4, 0.5) is 13.6 Å². The van der Waals surface area contributed by atoms with Gasteiger partial charge >= 0.3 is 12.1 Å². The summed E-state index contributed by atoms with van der Waals surface area (Å²) < 4.78 is 46.7. The first-order valence-electron chi connectivity index (χ1n) is 9.94. The van der Waals surface area contributed by atoms with Crippen molar-refractivity contribution < 1.29 is 32.6 Å². The van der Waals surface area contributed by atoms with Gasteiger partial charge in [-0.25, -0.2) is 23.4 Å². The van der Waals surface area contributed by atoms with E-state index in [2.05, 4.69) is 9.72 Å². The van der Waals surface area contributed by atoms with Crippen molar-refractivity contribution in [1.29, 1.82) is 0 Å². The van der Waals surface area contributed by atoms with E-state index in [4.69, 9.17) is 9.47 Å². The fourth-order valence-electron chi connectivity index (χ4n) is 3.54. The summed E-state index contributed by atoms with van der Waals surface area (Å²) in [4.78, 5) is 30.0. The van der Waals surface area contributed by atoms with Gasteiger partial charge in [-0.2, -0.15) is 0 Å². The normalized spacial score (nSPS) is 13.9. The van der Waals surface area contributed by atoms with Crippen molar-refractivity contribution in [2.75, 3.05) is 33.4 Å². The average molecular weight is 445 g/mol. The van der Waals surface area contributed by atoms with Gasteiger partial charge in [-0.3, -0.25) is 4.40 Å². The van der Waals surface area contributed by atoms with E-state index in [1.54, 1.807) is 22.7 Å². The Morgan fingerprint density at radius 1 is 1.16 bits per heavy atom. The molecule has 0 spiro atoms.